The van der Waals surface area contributed by atoms with Crippen LogP contribution >= 0.6 is 15.9 Å². The minimum absolute atomic E-state index is 0.113. The summed E-state index contributed by atoms with van der Waals surface area (Å²) in [7, 11) is 0. The fraction of sp³-hybridized carbons (Fsp3) is 0.125. The van der Waals surface area contributed by atoms with E-state index in [0.717, 1.165) is 4.47 Å². The van der Waals surface area contributed by atoms with E-state index >= 15 is 0 Å². The first kappa shape index (κ1) is 14.5. The van der Waals surface area contributed by atoms with Gasteiger partial charge in [0.15, 0.2) is 5.78 Å². The van der Waals surface area contributed by atoms with Gasteiger partial charge in [-0.3, -0.25) is 9.59 Å². The van der Waals surface area contributed by atoms with E-state index in [1.54, 1.807) is 37.3 Å². The van der Waals surface area contributed by atoms with Crippen LogP contribution in [0.3, 0.4) is 0 Å². The predicted molar refractivity (Wildman–Crippen MR) is 82.9 cm³/mol. The summed E-state index contributed by atoms with van der Waals surface area (Å²) in [6.45, 7) is 1.77. The third kappa shape index (κ3) is 3.33. The first-order valence-corrected chi connectivity index (χ1v) is 7.10. The molecule has 2 rings (SSSR count). The molecule has 0 saturated heterocycles. The van der Waals surface area contributed by atoms with Gasteiger partial charge in [0.2, 0.25) is 5.91 Å². The van der Waals surface area contributed by atoms with Crippen molar-refractivity contribution >= 4 is 33.3 Å². The molecule has 0 radical (unpaired) electrons. The summed E-state index contributed by atoms with van der Waals surface area (Å²) in [5, 5.41) is 2.76. The second-order valence-corrected chi connectivity index (χ2v) is 5.20. The van der Waals surface area contributed by atoms with E-state index in [1.807, 2.05) is 18.2 Å². The van der Waals surface area contributed by atoms with E-state index in [-0.39, 0.29) is 11.7 Å². The molecule has 2 aromatic rings. The molecule has 1 N–H and O–H groups in total. The average Bonchev–Trinajstić information content (AvgIpc) is 2.49. The maximum absolute atomic E-state index is 12.5. The average molecular weight is 332 g/mol. The zero-order valence-electron chi connectivity index (χ0n) is 11.0. The van der Waals surface area contributed by atoms with Crippen molar-refractivity contribution in [2.24, 2.45) is 0 Å². The van der Waals surface area contributed by atoms with Crippen molar-refractivity contribution in [2.75, 3.05) is 5.32 Å². The molecule has 0 spiro atoms. The SMILES string of the molecule is CCC(=O)Nc1ccc(Br)cc1C(=O)c1ccccc1. The third-order valence-corrected chi connectivity index (χ3v) is 3.35. The molecule has 20 heavy (non-hydrogen) atoms. The minimum atomic E-state index is -0.116. The number of amides is 1. The third-order valence-electron chi connectivity index (χ3n) is 2.86. The lowest BCUT2D eigenvalue weighted by atomic mass is 10.0. The number of hydrogen-bond acceptors (Lipinski definition) is 2. The molecular weight excluding hydrogens is 318 g/mol. The maximum Gasteiger partial charge on any atom is 0.224 e. The Morgan fingerprint density at radius 1 is 1.10 bits per heavy atom. The number of ketones is 1. The molecule has 4 heteroatoms. The fourth-order valence-electron chi connectivity index (χ4n) is 1.80. The van der Waals surface area contributed by atoms with Gasteiger partial charge in [-0.1, -0.05) is 53.2 Å². The number of hydrogen-bond donors (Lipinski definition) is 1. The molecule has 0 heterocycles. The number of halogens is 1. The highest BCUT2D eigenvalue weighted by molar-refractivity contribution is 9.10. The summed E-state index contributed by atoms with van der Waals surface area (Å²) < 4.78 is 0.797. The van der Waals surface area contributed by atoms with Crippen LogP contribution in [0.15, 0.2) is 53.0 Å². The van der Waals surface area contributed by atoms with Gasteiger partial charge in [-0.25, -0.2) is 0 Å². The molecule has 102 valence electrons. The minimum Gasteiger partial charge on any atom is -0.325 e. The lowest BCUT2D eigenvalue weighted by molar-refractivity contribution is -0.115. The molecular formula is C16H14BrNO2. The van der Waals surface area contributed by atoms with Gasteiger partial charge in [0.25, 0.3) is 0 Å². The van der Waals surface area contributed by atoms with Gasteiger partial charge < -0.3 is 5.32 Å². The number of benzene rings is 2. The van der Waals surface area contributed by atoms with E-state index in [4.69, 9.17) is 0 Å². The summed E-state index contributed by atoms with van der Waals surface area (Å²) >= 11 is 3.36. The van der Waals surface area contributed by atoms with Crippen molar-refractivity contribution in [3.8, 4) is 0 Å². The first-order valence-electron chi connectivity index (χ1n) is 6.31. The Balaban J connectivity index is 2.41. The molecule has 0 atom stereocenters. The Bertz CT molecular complexity index is 638. The van der Waals surface area contributed by atoms with Crippen LogP contribution in [-0.2, 0) is 4.79 Å². The van der Waals surface area contributed by atoms with Crippen LogP contribution in [0.5, 0.6) is 0 Å². The Hall–Kier alpha value is -1.94. The van der Waals surface area contributed by atoms with Crippen LogP contribution < -0.4 is 5.32 Å². The van der Waals surface area contributed by atoms with Gasteiger partial charge in [-0.15, -0.1) is 0 Å². The van der Waals surface area contributed by atoms with Crippen molar-refractivity contribution in [2.45, 2.75) is 13.3 Å². The number of anilines is 1. The maximum atomic E-state index is 12.5. The van der Waals surface area contributed by atoms with Gasteiger partial charge in [0, 0.05) is 22.0 Å². The first-order chi connectivity index (χ1) is 9.61. The summed E-state index contributed by atoms with van der Waals surface area (Å²) in [5.74, 6) is -0.229. The predicted octanol–water partition coefficient (Wildman–Crippen LogP) is 4.03. The molecule has 0 saturated carbocycles. The molecule has 0 aliphatic heterocycles. The van der Waals surface area contributed by atoms with Crippen molar-refractivity contribution in [1.29, 1.82) is 0 Å². The zero-order chi connectivity index (χ0) is 14.5. The smallest absolute Gasteiger partial charge is 0.224 e. The standard InChI is InChI=1S/C16H14BrNO2/c1-2-15(19)18-14-9-8-12(17)10-13(14)16(20)11-6-4-3-5-7-11/h3-10H,2H2,1H3,(H,18,19). The van der Waals surface area contributed by atoms with Gasteiger partial charge >= 0.3 is 0 Å². The van der Waals surface area contributed by atoms with Crippen molar-refractivity contribution in [1.82, 2.24) is 0 Å². The van der Waals surface area contributed by atoms with E-state index in [1.165, 1.54) is 0 Å². The topological polar surface area (TPSA) is 46.2 Å². The largest absolute Gasteiger partial charge is 0.325 e. The number of nitrogens with one attached hydrogen (secondary N) is 1. The van der Waals surface area contributed by atoms with Crippen LogP contribution in [0, 0.1) is 0 Å². The summed E-state index contributed by atoms with van der Waals surface area (Å²) in [6, 6.07) is 14.3. The molecule has 2 aromatic carbocycles. The molecule has 0 aromatic heterocycles. The Labute approximate surface area is 126 Å². The highest BCUT2D eigenvalue weighted by Gasteiger charge is 2.15. The van der Waals surface area contributed by atoms with Crippen molar-refractivity contribution in [3.63, 3.8) is 0 Å². The molecule has 0 bridgehead atoms. The van der Waals surface area contributed by atoms with E-state index in [0.29, 0.717) is 23.2 Å². The van der Waals surface area contributed by atoms with Gasteiger partial charge in [0.05, 0.1) is 5.69 Å². The molecule has 3 nitrogen and oxygen atoms in total. The number of carbonyl (C=O) groups is 2. The lowest BCUT2D eigenvalue weighted by Gasteiger charge is -2.10. The van der Waals surface area contributed by atoms with Crippen LogP contribution in [0.1, 0.15) is 29.3 Å². The summed E-state index contributed by atoms with van der Waals surface area (Å²) in [6.07, 6.45) is 0.370. The van der Waals surface area contributed by atoms with Crippen LogP contribution in [0.2, 0.25) is 0 Å². The quantitative estimate of drug-likeness (QED) is 0.860. The van der Waals surface area contributed by atoms with Crippen molar-refractivity contribution < 1.29 is 9.59 Å². The van der Waals surface area contributed by atoms with Gasteiger partial charge in [0.1, 0.15) is 0 Å². The van der Waals surface area contributed by atoms with Crippen LogP contribution in [-0.4, -0.2) is 11.7 Å². The second-order valence-electron chi connectivity index (χ2n) is 4.29. The van der Waals surface area contributed by atoms with Gasteiger partial charge in [-0.2, -0.15) is 0 Å². The second kappa shape index (κ2) is 6.48. The molecule has 0 aliphatic carbocycles. The van der Waals surface area contributed by atoms with Gasteiger partial charge in [-0.05, 0) is 18.2 Å². The highest BCUT2D eigenvalue weighted by atomic mass is 79.9. The Kier molecular flexibility index (Phi) is 4.69. The van der Waals surface area contributed by atoms with Crippen LogP contribution in [0.25, 0.3) is 0 Å². The van der Waals surface area contributed by atoms with E-state index in [9.17, 15) is 9.59 Å². The lowest BCUT2D eigenvalue weighted by Crippen LogP contribution is -2.13. The Morgan fingerprint density at radius 3 is 2.45 bits per heavy atom. The normalized spacial score (nSPS) is 10.1. The summed E-state index contributed by atoms with van der Waals surface area (Å²) in [5.41, 5.74) is 1.61. The molecule has 0 aliphatic rings. The number of rotatable bonds is 4. The fourth-order valence-corrected chi connectivity index (χ4v) is 2.16. The zero-order valence-corrected chi connectivity index (χ0v) is 12.6. The van der Waals surface area contributed by atoms with Crippen LogP contribution in [0.4, 0.5) is 5.69 Å². The highest BCUT2D eigenvalue weighted by Crippen LogP contribution is 2.24. The van der Waals surface area contributed by atoms with E-state index in [2.05, 4.69) is 21.2 Å². The summed E-state index contributed by atoms with van der Waals surface area (Å²) in [4.78, 5) is 24.1. The van der Waals surface area contributed by atoms with E-state index < -0.39 is 0 Å². The molecule has 1 amide bonds. The molecule has 0 fully saturated rings. The monoisotopic (exact) mass is 331 g/mol. The number of carbonyl (C=O) groups excluding carboxylic acids is 2. The Morgan fingerprint density at radius 2 is 1.80 bits per heavy atom. The van der Waals surface area contributed by atoms with Crippen molar-refractivity contribution in [3.05, 3.63) is 64.1 Å². The molecule has 0 unspecified atom stereocenters.